The van der Waals surface area contributed by atoms with E-state index in [0.717, 1.165) is 19.3 Å². The van der Waals surface area contributed by atoms with Crippen molar-refractivity contribution < 1.29 is 14.7 Å². The van der Waals surface area contributed by atoms with E-state index in [0.29, 0.717) is 0 Å². The van der Waals surface area contributed by atoms with Gasteiger partial charge in [0.25, 0.3) is 0 Å². The number of ketones is 1. The second kappa shape index (κ2) is 8.17. The third-order valence-electron chi connectivity index (χ3n) is 2.08. The number of aliphatic carboxylic acids is 1. The summed E-state index contributed by atoms with van der Waals surface area (Å²) in [5, 5.41) is 8.45. The van der Waals surface area contributed by atoms with Gasteiger partial charge in [0.1, 0.15) is 0 Å². The van der Waals surface area contributed by atoms with Crippen molar-refractivity contribution in [3.8, 4) is 0 Å². The molecule has 0 aliphatic heterocycles. The molecule has 0 saturated carbocycles. The highest BCUT2D eigenvalue weighted by atomic mass is 16.4. The van der Waals surface area contributed by atoms with Crippen LogP contribution in [0.2, 0.25) is 0 Å². The zero-order valence-electron chi connectivity index (χ0n) is 9.11. The number of hydrogen-bond donors (Lipinski definition) is 2. The van der Waals surface area contributed by atoms with Gasteiger partial charge in [-0.15, -0.1) is 0 Å². The molecule has 0 heterocycles. The minimum Gasteiger partial charge on any atom is -0.480 e. The highest BCUT2D eigenvalue weighted by molar-refractivity contribution is 6.07. The first-order valence-corrected chi connectivity index (χ1v) is 5.28. The van der Waals surface area contributed by atoms with Gasteiger partial charge in [0, 0.05) is 0 Å². The maximum Gasteiger partial charge on any atom is 0.328 e. The third-order valence-corrected chi connectivity index (χ3v) is 2.08. The molecule has 3 N–H and O–H groups in total. The van der Waals surface area contributed by atoms with Crippen LogP contribution in [0.3, 0.4) is 0 Å². The molecule has 1 atom stereocenters. The molecule has 0 aromatic carbocycles. The number of allylic oxidation sites excluding steroid dienone is 1. The van der Waals surface area contributed by atoms with Crippen molar-refractivity contribution in [1.82, 2.24) is 0 Å². The van der Waals surface area contributed by atoms with Crippen LogP contribution in [-0.2, 0) is 9.59 Å². The highest BCUT2D eigenvalue weighted by Crippen LogP contribution is 2.02. The Labute approximate surface area is 90.2 Å². The lowest BCUT2D eigenvalue weighted by atomic mass is 10.1. The summed E-state index contributed by atoms with van der Waals surface area (Å²) in [6.45, 7) is 2.13. The molecular formula is C11H19NO3. The van der Waals surface area contributed by atoms with Crippen LogP contribution in [0.5, 0.6) is 0 Å². The normalized spacial score (nSPS) is 12.9. The van der Waals surface area contributed by atoms with Crippen molar-refractivity contribution in [3.05, 3.63) is 12.2 Å². The van der Waals surface area contributed by atoms with Gasteiger partial charge in [-0.2, -0.15) is 0 Å². The van der Waals surface area contributed by atoms with E-state index >= 15 is 0 Å². The predicted octanol–water partition coefficient (Wildman–Crippen LogP) is 1.49. The smallest absolute Gasteiger partial charge is 0.328 e. The molecule has 0 aromatic heterocycles. The Bertz CT molecular complexity index is 236. The summed E-state index contributed by atoms with van der Waals surface area (Å²) < 4.78 is 0. The van der Waals surface area contributed by atoms with Crippen molar-refractivity contribution in [2.45, 2.75) is 45.1 Å². The van der Waals surface area contributed by atoms with Crippen LogP contribution in [0.25, 0.3) is 0 Å². The molecule has 0 saturated heterocycles. The van der Waals surface area contributed by atoms with Gasteiger partial charge in [-0.05, 0) is 18.9 Å². The summed E-state index contributed by atoms with van der Waals surface area (Å²) in [5.41, 5.74) is 5.12. The average Bonchev–Trinajstić information content (AvgIpc) is 2.21. The molecule has 0 aliphatic carbocycles. The topological polar surface area (TPSA) is 80.4 Å². The number of carbonyl (C=O) groups is 2. The van der Waals surface area contributed by atoms with E-state index in [4.69, 9.17) is 10.8 Å². The van der Waals surface area contributed by atoms with Crippen LogP contribution in [0.4, 0.5) is 0 Å². The number of carbonyl (C=O) groups excluding carboxylic acids is 1. The fourth-order valence-corrected chi connectivity index (χ4v) is 1.11. The Morgan fingerprint density at radius 1 is 1.33 bits per heavy atom. The summed E-state index contributed by atoms with van der Waals surface area (Å²) in [6, 6.07) is -1.42. The molecule has 0 aliphatic rings. The van der Waals surface area contributed by atoms with Gasteiger partial charge in [0.05, 0.1) is 0 Å². The number of rotatable bonds is 8. The van der Waals surface area contributed by atoms with Gasteiger partial charge < -0.3 is 10.8 Å². The number of carboxylic acid groups (broad SMARTS) is 1. The van der Waals surface area contributed by atoms with E-state index in [2.05, 4.69) is 6.92 Å². The Kier molecular flexibility index (Phi) is 7.54. The Morgan fingerprint density at radius 2 is 2.00 bits per heavy atom. The van der Waals surface area contributed by atoms with Gasteiger partial charge in [0.15, 0.2) is 11.8 Å². The predicted molar refractivity (Wildman–Crippen MR) is 58.5 cm³/mol. The molecule has 0 aromatic rings. The molecule has 4 heteroatoms. The van der Waals surface area contributed by atoms with Crippen LogP contribution in [0.15, 0.2) is 12.2 Å². The molecule has 0 spiro atoms. The molecule has 86 valence electrons. The molecule has 4 nitrogen and oxygen atoms in total. The first kappa shape index (κ1) is 13.8. The van der Waals surface area contributed by atoms with Gasteiger partial charge in [-0.1, -0.05) is 32.3 Å². The van der Waals surface area contributed by atoms with E-state index in [1.54, 1.807) is 6.08 Å². The Morgan fingerprint density at radius 3 is 2.53 bits per heavy atom. The van der Waals surface area contributed by atoms with E-state index in [9.17, 15) is 9.59 Å². The fourth-order valence-electron chi connectivity index (χ4n) is 1.11. The lowest BCUT2D eigenvalue weighted by Gasteiger charge is -1.99. The molecule has 15 heavy (non-hydrogen) atoms. The standard InChI is InChI=1S/C11H19NO3/c1-2-3-4-5-6-7-8-9(13)10(12)11(14)15/h7-8,10H,2-6,12H2,1H3,(H,14,15)/b8-7+. The first-order chi connectivity index (χ1) is 7.09. The minimum absolute atomic E-state index is 0.544. The molecular weight excluding hydrogens is 194 g/mol. The molecule has 0 bridgehead atoms. The SMILES string of the molecule is CCCCCC/C=C/C(=O)C(N)C(=O)O. The number of nitrogens with two attached hydrogens (primary N) is 1. The maximum absolute atomic E-state index is 11.1. The third kappa shape index (κ3) is 6.85. The summed E-state index contributed by atoms with van der Waals surface area (Å²) in [5.74, 6) is -1.83. The van der Waals surface area contributed by atoms with E-state index < -0.39 is 17.8 Å². The molecule has 0 radical (unpaired) electrons. The van der Waals surface area contributed by atoms with Gasteiger partial charge in [0.2, 0.25) is 0 Å². The lowest BCUT2D eigenvalue weighted by molar-refractivity contribution is -0.141. The van der Waals surface area contributed by atoms with Crippen LogP contribution in [0.1, 0.15) is 39.0 Å². The fraction of sp³-hybridized carbons (Fsp3) is 0.636. The molecule has 1 unspecified atom stereocenters. The lowest BCUT2D eigenvalue weighted by Crippen LogP contribution is -2.37. The van der Waals surface area contributed by atoms with Crippen LogP contribution in [-0.4, -0.2) is 22.9 Å². The number of carboxylic acids is 1. The highest BCUT2D eigenvalue weighted by Gasteiger charge is 2.17. The summed E-state index contributed by atoms with van der Waals surface area (Å²) in [7, 11) is 0. The van der Waals surface area contributed by atoms with Crippen LogP contribution < -0.4 is 5.73 Å². The largest absolute Gasteiger partial charge is 0.480 e. The van der Waals surface area contributed by atoms with Gasteiger partial charge >= 0.3 is 5.97 Å². The zero-order chi connectivity index (χ0) is 11.7. The number of unbranched alkanes of at least 4 members (excludes halogenated alkanes) is 4. The monoisotopic (exact) mass is 213 g/mol. The minimum atomic E-state index is -1.42. The number of hydrogen-bond acceptors (Lipinski definition) is 3. The van der Waals surface area contributed by atoms with Crippen LogP contribution in [0, 0.1) is 0 Å². The molecule has 0 fully saturated rings. The second-order valence-electron chi connectivity index (χ2n) is 3.47. The molecule has 0 amide bonds. The van der Waals surface area contributed by atoms with E-state index in [1.807, 2.05) is 0 Å². The second-order valence-corrected chi connectivity index (χ2v) is 3.47. The quantitative estimate of drug-likeness (QED) is 0.363. The van der Waals surface area contributed by atoms with E-state index in [1.165, 1.54) is 18.9 Å². The van der Waals surface area contributed by atoms with Crippen LogP contribution >= 0.6 is 0 Å². The molecule has 0 rings (SSSR count). The van der Waals surface area contributed by atoms with Crippen molar-refractivity contribution in [1.29, 1.82) is 0 Å². The summed E-state index contributed by atoms with van der Waals surface area (Å²) >= 11 is 0. The van der Waals surface area contributed by atoms with Crippen molar-refractivity contribution in [3.63, 3.8) is 0 Å². The van der Waals surface area contributed by atoms with Crippen molar-refractivity contribution in [2.24, 2.45) is 5.73 Å². The average molecular weight is 213 g/mol. The first-order valence-electron chi connectivity index (χ1n) is 5.28. The van der Waals surface area contributed by atoms with Gasteiger partial charge in [-0.3, -0.25) is 9.59 Å². The summed E-state index contributed by atoms with van der Waals surface area (Å²) in [4.78, 5) is 21.4. The Balaban J connectivity index is 3.68. The Hall–Kier alpha value is -1.16. The summed E-state index contributed by atoms with van der Waals surface area (Å²) in [6.07, 6.45) is 8.30. The maximum atomic E-state index is 11.1. The van der Waals surface area contributed by atoms with Crippen molar-refractivity contribution in [2.75, 3.05) is 0 Å². The zero-order valence-corrected chi connectivity index (χ0v) is 9.11. The van der Waals surface area contributed by atoms with Crippen molar-refractivity contribution >= 4 is 11.8 Å². The van der Waals surface area contributed by atoms with Gasteiger partial charge in [-0.25, -0.2) is 0 Å². The van der Waals surface area contributed by atoms with E-state index in [-0.39, 0.29) is 0 Å².